The van der Waals surface area contributed by atoms with Gasteiger partial charge in [0, 0.05) is 16.5 Å². The summed E-state index contributed by atoms with van der Waals surface area (Å²) in [6, 6.07) is 14.0. The van der Waals surface area contributed by atoms with Gasteiger partial charge in [0.2, 0.25) is 0 Å². The molecule has 3 rings (SSSR count). The fourth-order valence-electron chi connectivity index (χ4n) is 3.19. The van der Waals surface area contributed by atoms with Crippen LogP contribution >= 0.6 is 15.9 Å². The minimum atomic E-state index is -1.08. The second-order valence-electron chi connectivity index (χ2n) is 7.05. The van der Waals surface area contributed by atoms with Crippen molar-refractivity contribution in [3.05, 3.63) is 87.4 Å². The summed E-state index contributed by atoms with van der Waals surface area (Å²) in [5.41, 5.74) is 2.53. The van der Waals surface area contributed by atoms with Gasteiger partial charge in [0.15, 0.2) is 11.6 Å². The van der Waals surface area contributed by atoms with Crippen LogP contribution in [-0.4, -0.2) is 36.0 Å². The highest BCUT2D eigenvalue weighted by Gasteiger charge is 2.16. The first-order valence-electron chi connectivity index (χ1n) is 9.69. The zero-order chi connectivity index (χ0) is 23.3. The topological polar surface area (TPSA) is 76.0 Å². The van der Waals surface area contributed by atoms with Crippen LogP contribution in [0.15, 0.2) is 59.1 Å². The van der Waals surface area contributed by atoms with Gasteiger partial charge in [-0.15, -0.1) is 0 Å². The van der Waals surface area contributed by atoms with E-state index in [4.69, 9.17) is 14.6 Å². The summed E-state index contributed by atoms with van der Waals surface area (Å²) in [5, 5.41) is 18.8. The molecule has 0 bridgehead atoms. The van der Waals surface area contributed by atoms with Crippen LogP contribution in [0, 0.1) is 11.6 Å². The average Bonchev–Trinajstić information content (AvgIpc) is 2.80. The Morgan fingerprint density at radius 1 is 1.06 bits per heavy atom. The normalized spacial score (nSPS) is 11.8. The average molecular weight is 507 g/mol. The highest BCUT2D eigenvalue weighted by molar-refractivity contribution is 9.10. The number of hydrogen-bond donors (Lipinski definition) is 2. The zero-order valence-corrected chi connectivity index (χ0v) is 18.7. The highest BCUT2D eigenvalue weighted by Crippen LogP contribution is 2.30. The van der Waals surface area contributed by atoms with Crippen LogP contribution in [0.4, 0.5) is 8.78 Å². The molecule has 0 unspecified atom stereocenters. The lowest BCUT2D eigenvalue weighted by molar-refractivity contribution is 0.0599. The van der Waals surface area contributed by atoms with Crippen molar-refractivity contribution in [3.63, 3.8) is 0 Å². The van der Waals surface area contributed by atoms with E-state index in [0.717, 1.165) is 17.7 Å². The zero-order valence-electron chi connectivity index (χ0n) is 17.1. The number of methoxy groups -OCH3 is 1. The third kappa shape index (κ3) is 5.51. The molecule has 0 aromatic heterocycles. The molecule has 5 nitrogen and oxygen atoms in total. The Hall–Kier alpha value is -2.81. The van der Waals surface area contributed by atoms with Crippen molar-refractivity contribution in [1.29, 1.82) is 0 Å². The van der Waals surface area contributed by atoms with Gasteiger partial charge in [0.1, 0.15) is 12.4 Å². The van der Waals surface area contributed by atoms with Gasteiger partial charge >= 0.3 is 5.97 Å². The quantitative estimate of drug-likeness (QED) is 0.434. The molecule has 32 heavy (non-hydrogen) atoms. The van der Waals surface area contributed by atoms with Crippen LogP contribution in [0.1, 0.15) is 21.5 Å². The SMILES string of the molecule is COC(=O)c1cccc(COc2ccc(-c3cc(F)c(F)cc3C[C@@H](O)CO)cc2)c1Br. The number of carbonyl (C=O) groups excluding carboxylic acids is 1. The summed E-state index contributed by atoms with van der Waals surface area (Å²) in [5.74, 6) is -1.95. The first kappa shape index (κ1) is 23.8. The Bertz CT molecular complexity index is 1100. The van der Waals surface area contributed by atoms with Gasteiger partial charge in [-0.25, -0.2) is 13.6 Å². The molecule has 0 spiro atoms. The van der Waals surface area contributed by atoms with E-state index >= 15 is 0 Å². The van der Waals surface area contributed by atoms with Gasteiger partial charge in [0.25, 0.3) is 0 Å². The molecule has 168 valence electrons. The van der Waals surface area contributed by atoms with Crippen molar-refractivity contribution in [2.45, 2.75) is 19.1 Å². The van der Waals surface area contributed by atoms with Crippen molar-refractivity contribution in [3.8, 4) is 16.9 Å². The van der Waals surface area contributed by atoms with Crippen molar-refractivity contribution in [2.24, 2.45) is 0 Å². The van der Waals surface area contributed by atoms with Crippen molar-refractivity contribution in [2.75, 3.05) is 13.7 Å². The van der Waals surface area contributed by atoms with E-state index in [1.807, 2.05) is 6.07 Å². The summed E-state index contributed by atoms with van der Waals surface area (Å²) >= 11 is 3.40. The molecule has 1 atom stereocenters. The number of aliphatic hydroxyl groups is 2. The minimum Gasteiger partial charge on any atom is -0.489 e. The number of carbonyl (C=O) groups is 1. The van der Waals surface area contributed by atoms with E-state index in [2.05, 4.69) is 15.9 Å². The van der Waals surface area contributed by atoms with Gasteiger partial charge in [-0.05, 0) is 63.0 Å². The fourth-order valence-corrected chi connectivity index (χ4v) is 3.74. The predicted octanol–water partition coefficient (Wildman–Crippen LogP) is 4.66. The molecule has 2 N–H and O–H groups in total. The van der Waals surface area contributed by atoms with Crippen molar-refractivity contribution < 1.29 is 33.3 Å². The molecule has 0 aliphatic carbocycles. The standard InChI is InChI=1S/C24H21BrF2O5/c1-31-24(30)19-4-2-3-15(23(19)25)13-32-18-7-5-14(6-8-18)20-11-22(27)21(26)10-16(20)9-17(29)12-28/h2-8,10-11,17,28-29H,9,12-13H2,1H3/t17-/m1/s1. The molecule has 0 aliphatic rings. The van der Waals surface area contributed by atoms with Crippen LogP contribution in [0.25, 0.3) is 11.1 Å². The van der Waals surface area contributed by atoms with Gasteiger partial charge in [-0.2, -0.15) is 0 Å². The maximum atomic E-state index is 13.9. The maximum absolute atomic E-state index is 13.9. The summed E-state index contributed by atoms with van der Waals surface area (Å²) < 4.78 is 38.7. The number of ether oxygens (including phenoxy) is 2. The number of benzene rings is 3. The molecular weight excluding hydrogens is 486 g/mol. The second-order valence-corrected chi connectivity index (χ2v) is 7.84. The van der Waals surface area contributed by atoms with Crippen molar-refractivity contribution in [1.82, 2.24) is 0 Å². The van der Waals surface area contributed by atoms with Gasteiger partial charge in [-0.3, -0.25) is 0 Å². The summed E-state index contributed by atoms with van der Waals surface area (Å²) in [7, 11) is 1.31. The lowest BCUT2D eigenvalue weighted by Gasteiger charge is -2.14. The Labute approximate surface area is 192 Å². The molecule has 0 fully saturated rings. The molecule has 0 saturated heterocycles. The molecule has 3 aromatic carbocycles. The summed E-state index contributed by atoms with van der Waals surface area (Å²) in [6.45, 7) is -0.304. The van der Waals surface area contributed by atoms with E-state index in [1.54, 1.807) is 36.4 Å². The smallest absolute Gasteiger partial charge is 0.339 e. The first-order chi connectivity index (χ1) is 15.3. The van der Waals surface area contributed by atoms with Gasteiger partial charge < -0.3 is 19.7 Å². The molecule has 0 aliphatic heterocycles. The monoisotopic (exact) mass is 506 g/mol. The number of rotatable bonds is 8. The number of halogens is 3. The van der Waals surface area contributed by atoms with Crippen LogP contribution < -0.4 is 4.74 Å². The highest BCUT2D eigenvalue weighted by atomic mass is 79.9. The van der Waals surface area contributed by atoms with Crippen LogP contribution in [0.2, 0.25) is 0 Å². The Kier molecular flexibility index (Phi) is 7.95. The summed E-state index contributed by atoms with van der Waals surface area (Å²) in [6.07, 6.45) is -1.10. The van der Waals surface area contributed by atoms with E-state index in [0.29, 0.717) is 32.5 Å². The second kappa shape index (κ2) is 10.7. The third-order valence-corrected chi connectivity index (χ3v) is 5.79. The van der Waals surface area contributed by atoms with E-state index in [9.17, 15) is 18.7 Å². The molecular formula is C24H21BrF2O5. The lowest BCUT2D eigenvalue weighted by atomic mass is 9.95. The minimum absolute atomic E-state index is 0.0220. The largest absolute Gasteiger partial charge is 0.489 e. The van der Waals surface area contributed by atoms with E-state index < -0.39 is 30.3 Å². The molecule has 0 radical (unpaired) electrons. The fraction of sp³-hybridized carbons (Fsp3) is 0.208. The Balaban J connectivity index is 1.79. The molecule has 8 heteroatoms. The van der Waals surface area contributed by atoms with E-state index in [1.165, 1.54) is 7.11 Å². The Morgan fingerprint density at radius 2 is 1.75 bits per heavy atom. The van der Waals surface area contributed by atoms with Gasteiger partial charge in [-0.1, -0.05) is 24.3 Å². The molecule has 0 saturated carbocycles. The predicted molar refractivity (Wildman–Crippen MR) is 118 cm³/mol. The van der Waals surface area contributed by atoms with Crippen LogP contribution in [0.5, 0.6) is 5.75 Å². The first-order valence-corrected chi connectivity index (χ1v) is 10.5. The van der Waals surface area contributed by atoms with Crippen LogP contribution in [0.3, 0.4) is 0 Å². The molecule has 0 heterocycles. The van der Waals surface area contributed by atoms with Crippen LogP contribution in [-0.2, 0) is 17.8 Å². The third-order valence-electron chi connectivity index (χ3n) is 4.86. The lowest BCUT2D eigenvalue weighted by Crippen LogP contribution is -2.16. The molecule has 3 aromatic rings. The van der Waals surface area contributed by atoms with E-state index in [-0.39, 0.29) is 13.0 Å². The molecule has 0 amide bonds. The summed E-state index contributed by atoms with van der Waals surface area (Å²) in [4.78, 5) is 11.8. The number of aliphatic hydroxyl groups excluding tert-OH is 2. The number of hydrogen-bond acceptors (Lipinski definition) is 5. The maximum Gasteiger partial charge on any atom is 0.339 e. The number of esters is 1. The Morgan fingerprint density at radius 3 is 2.41 bits per heavy atom. The van der Waals surface area contributed by atoms with Gasteiger partial charge in [0.05, 0.1) is 25.4 Å². The van der Waals surface area contributed by atoms with Crippen molar-refractivity contribution >= 4 is 21.9 Å².